The standard InChI is InChI=1S/C23H19F3N2O2S/c1-15-6-12-18(13-7-15)31(29,30)28-22(16-8-10-17(11-9-16)23(24,25)26)20-14-27-21-5-3-2-4-19(20)21/h2-14,22,27-28H,1H3. The van der Waals surface area contributed by atoms with Crippen LogP contribution in [0.3, 0.4) is 0 Å². The molecule has 4 aromatic rings. The van der Waals surface area contributed by atoms with Crippen LogP contribution in [-0.2, 0) is 16.2 Å². The lowest BCUT2D eigenvalue weighted by atomic mass is 9.98. The summed E-state index contributed by atoms with van der Waals surface area (Å²) in [6.07, 6.45) is -2.80. The van der Waals surface area contributed by atoms with Gasteiger partial charge >= 0.3 is 6.18 Å². The van der Waals surface area contributed by atoms with Gasteiger partial charge in [0.25, 0.3) is 0 Å². The lowest BCUT2D eigenvalue weighted by Crippen LogP contribution is -2.29. The van der Waals surface area contributed by atoms with E-state index in [2.05, 4.69) is 9.71 Å². The molecule has 0 aliphatic rings. The van der Waals surface area contributed by atoms with Gasteiger partial charge in [-0.05, 0) is 48.4 Å². The zero-order valence-electron chi connectivity index (χ0n) is 16.4. The number of fused-ring (bicyclic) bond motifs is 1. The molecule has 1 heterocycles. The van der Waals surface area contributed by atoms with Crippen LogP contribution in [0.1, 0.15) is 28.3 Å². The van der Waals surface area contributed by atoms with Gasteiger partial charge in [0.2, 0.25) is 10.0 Å². The predicted octanol–water partition coefficient (Wildman–Crippen LogP) is 5.56. The minimum atomic E-state index is -4.48. The predicted molar refractivity (Wildman–Crippen MR) is 113 cm³/mol. The minimum absolute atomic E-state index is 0.0786. The van der Waals surface area contributed by atoms with Gasteiger partial charge in [-0.2, -0.15) is 17.9 Å². The molecule has 0 saturated heterocycles. The van der Waals surface area contributed by atoms with E-state index in [4.69, 9.17) is 0 Å². The Kier molecular flexibility index (Phi) is 5.36. The number of nitrogens with one attached hydrogen (secondary N) is 2. The quantitative estimate of drug-likeness (QED) is 0.423. The van der Waals surface area contributed by atoms with E-state index >= 15 is 0 Å². The van der Waals surface area contributed by atoms with Crippen LogP contribution in [0.5, 0.6) is 0 Å². The van der Waals surface area contributed by atoms with Gasteiger partial charge < -0.3 is 4.98 Å². The lowest BCUT2D eigenvalue weighted by molar-refractivity contribution is -0.137. The zero-order valence-corrected chi connectivity index (χ0v) is 17.3. The topological polar surface area (TPSA) is 62.0 Å². The molecule has 0 aliphatic carbocycles. The van der Waals surface area contributed by atoms with Crippen molar-refractivity contribution in [3.8, 4) is 0 Å². The smallest absolute Gasteiger partial charge is 0.361 e. The number of sulfonamides is 1. The average Bonchev–Trinajstić information content (AvgIpc) is 3.16. The van der Waals surface area contributed by atoms with Gasteiger partial charge in [-0.3, -0.25) is 0 Å². The second kappa shape index (κ2) is 7.86. The number of rotatable bonds is 5. The molecule has 0 aliphatic heterocycles. The van der Waals surface area contributed by atoms with E-state index in [-0.39, 0.29) is 4.90 Å². The molecule has 4 rings (SSSR count). The van der Waals surface area contributed by atoms with E-state index < -0.39 is 27.8 Å². The van der Waals surface area contributed by atoms with Gasteiger partial charge in [-0.1, -0.05) is 48.0 Å². The first kappa shape index (κ1) is 21.1. The van der Waals surface area contributed by atoms with Crippen molar-refractivity contribution >= 4 is 20.9 Å². The highest BCUT2D eigenvalue weighted by atomic mass is 32.2. The summed E-state index contributed by atoms with van der Waals surface area (Å²) < 4.78 is 67.9. The fourth-order valence-corrected chi connectivity index (χ4v) is 4.65. The first-order valence-corrected chi connectivity index (χ1v) is 11.0. The van der Waals surface area contributed by atoms with Crippen molar-refractivity contribution in [2.75, 3.05) is 0 Å². The molecule has 0 bridgehead atoms. The lowest BCUT2D eigenvalue weighted by Gasteiger charge is -2.20. The highest BCUT2D eigenvalue weighted by Crippen LogP contribution is 2.34. The van der Waals surface area contributed by atoms with Crippen molar-refractivity contribution in [3.05, 3.63) is 101 Å². The normalized spacial score (nSPS) is 13.4. The molecular weight excluding hydrogens is 425 g/mol. The van der Waals surface area contributed by atoms with Crippen LogP contribution in [0, 0.1) is 6.92 Å². The Morgan fingerprint density at radius 1 is 0.903 bits per heavy atom. The molecule has 0 spiro atoms. The average molecular weight is 444 g/mol. The molecule has 8 heteroatoms. The molecule has 1 aromatic heterocycles. The molecule has 0 radical (unpaired) electrons. The van der Waals surface area contributed by atoms with Gasteiger partial charge in [-0.25, -0.2) is 8.42 Å². The summed E-state index contributed by atoms with van der Waals surface area (Å²) in [5, 5.41) is 0.777. The second-order valence-corrected chi connectivity index (χ2v) is 8.99. The van der Waals surface area contributed by atoms with Gasteiger partial charge in [-0.15, -0.1) is 0 Å². The first-order chi connectivity index (χ1) is 14.6. The maximum atomic E-state index is 13.1. The number of aromatic amines is 1. The first-order valence-electron chi connectivity index (χ1n) is 9.47. The number of hydrogen-bond acceptors (Lipinski definition) is 2. The molecule has 3 aromatic carbocycles. The number of hydrogen-bond donors (Lipinski definition) is 2. The summed E-state index contributed by atoms with van der Waals surface area (Å²) in [6, 6.07) is 17.3. The number of para-hydroxylation sites is 1. The Labute approximate surface area is 177 Å². The number of benzene rings is 3. The van der Waals surface area contributed by atoms with Crippen LogP contribution in [0.25, 0.3) is 10.9 Å². The van der Waals surface area contributed by atoms with Crippen molar-refractivity contribution < 1.29 is 21.6 Å². The van der Waals surface area contributed by atoms with E-state index in [1.165, 1.54) is 24.3 Å². The van der Waals surface area contributed by atoms with E-state index in [1.54, 1.807) is 18.3 Å². The van der Waals surface area contributed by atoms with Crippen molar-refractivity contribution in [1.29, 1.82) is 0 Å². The van der Waals surface area contributed by atoms with E-state index in [1.807, 2.05) is 31.2 Å². The van der Waals surface area contributed by atoms with E-state index in [0.717, 1.165) is 28.6 Å². The Balaban J connectivity index is 1.80. The largest absolute Gasteiger partial charge is 0.416 e. The second-order valence-electron chi connectivity index (χ2n) is 7.28. The summed E-state index contributed by atoms with van der Waals surface area (Å²) >= 11 is 0. The van der Waals surface area contributed by atoms with Crippen LogP contribution in [-0.4, -0.2) is 13.4 Å². The Bertz CT molecular complexity index is 1310. The fraction of sp³-hybridized carbons (Fsp3) is 0.130. The van der Waals surface area contributed by atoms with Crippen molar-refractivity contribution in [2.45, 2.75) is 24.0 Å². The van der Waals surface area contributed by atoms with Gasteiger partial charge in [0.05, 0.1) is 16.5 Å². The third-order valence-electron chi connectivity index (χ3n) is 5.11. The van der Waals surface area contributed by atoms with Crippen molar-refractivity contribution in [2.24, 2.45) is 0 Å². The number of alkyl halides is 3. The molecular formula is C23H19F3N2O2S. The SMILES string of the molecule is Cc1ccc(S(=O)(=O)NC(c2ccc(C(F)(F)F)cc2)c2c[nH]c3ccccc23)cc1. The van der Waals surface area contributed by atoms with Crippen LogP contribution < -0.4 is 4.72 Å². The summed E-state index contributed by atoms with van der Waals surface area (Å²) in [4.78, 5) is 3.17. The monoisotopic (exact) mass is 444 g/mol. The van der Waals surface area contributed by atoms with Gasteiger partial charge in [0.1, 0.15) is 0 Å². The maximum absolute atomic E-state index is 13.1. The zero-order chi connectivity index (χ0) is 22.2. The van der Waals surface area contributed by atoms with Crippen LogP contribution in [0.15, 0.2) is 83.9 Å². The Morgan fingerprint density at radius 2 is 1.55 bits per heavy atom. The van der Waals surface area contributed by atoms with Crippen molar-refractivity contribution in [1.82, 2.24) is 9.71 Å². The molecule has 1 atom stereocenters. The minimum Gasteiger partial charge on any atom is -0.361 e. The third kappa shape index (κ3) is 4.35. The number of halogens is 3. The fourth-order valence-electron chi connectivity index (χ4n) is 3.45. The van der Waals surface area contributed by atoms with Crippen LogP contribution in [0.2, 0.25) is 0 Å². The molecule has 1 unspecified atom stereocenters. The number of aromatic nitrogens is 1. The highest BCUT2D eigenvalue weighted by molar-refractivity contribution is 7.89. The molecule has 31 heavy (non-hydrogen) atoms. The van der Waals surface area contributed by atoms with Crippen molar-refractivity contribution in [3.63, 3.8) is 0 Å². The molecule has 4 nitrogen and oxygen atoms in total. The Hall–Kier alpha value is -3.10. The number of H-pyrrole nitrogens is 1. The molecule has 0 fully saturated rings. The molecule has 160 valence electrons. The molecule has 0 amide bonds. The summed E-state index contributed by atoms with van der Waals surface area (Å²) in [5.74, 6) is 0. The highest BCUT2D eigenvalue weighted by Gasteiger charge is 2.31. The van der Waals surface area contributed by atoms with E-state index in [0.29, 0.717) is 11.1 Å². The van der Waals surface area contributed by atoms with E-state index in [9.17, 15) is 21.6 Å². The summed E-state index contributed by atoms with van der Waals surface area (Å²) in [7, 11) is -3.94. The van der Waals surface area contributed by atoms with Gasteiger partial charge in [0.15, 0.2) is 0 Å². The van der Waals surface area contributed by atoms with Crippen LogP contribution >= 0.6 is 0 Å². The third-order valence-corrected chi connectivity index (χ3v) is 6.55. The van der Waals surface area contributed by atoms with Gasteiger partial charge in [0, 0.05) is 17.1 Å². The summed E-state index contributed by atoms with van der Waals surface area (Å²) in [5.41, 5.74) is 1.92. The van der Waals surface area contributed by atoms with Crippen LogP contribution in [0.4, 0.5) is 13.2 Å². The number of aryl methyl sites for hydroxylation is 1. The maximum Gasteiger partial charge on any atom is 0.416 e. The summed E-state index contributed by atoms with van der Waals surface area (Å²) in [6.45, 7) is 1.85. The molecule has 2 N–H and O–H groups in total. The molecule has 0 saturated carbocycles. The Morgan fingerprint density at radius 3 is 2.19 bits per heavy atom.